The molecule has 0 aliphatic carbocycles. The van der Waals surface area contributed by atoms with Gasteiger partial charge < -0.3 is 0 Å². The zero-order valence-corrected chi connectivity index (χ0v) is 16.1. The van der Waals surface area contributed by atoms with E-state index in [2.05, 4.69) is 9.71 Å². The summed E-state index contributed by atoms with van der Waals surface area (Å²) in [5.74, 6) is 0.639. The Hall–Kier alpha value is -1.83. The average Bonchev–Trinajstić information content (AvgIpc) is 2.99. The van der Waals surface area contributed by atoms with Crippen LogP contribution < -0.4 is 4.72 Å². The Morgan fingerprint density at radius 3 is 2.60 bits per heavy atom. The standard InChI is InChI=1S/C18H21N3O2S2/c1-13-11-14(2)18(15(3)12-13)25(22,23)20-8-10-24-17-6-4-5-16-19-7-9-21(16)17/h4-7,9,11-12,20H,8,10H2,1-3H3. The molecule has 0 unspecified atom stereocenters. The van der Waals surface area contributed by atoms with Crippen molar-refractivity contribution in [1.29, 1.82) is 0 Å². The first kappa shape index (κ1) is 18.0. The fraction of sp³-hybridized carbons (Fsp3) is 0.278. The largest absolute Gasteiger partial charge is 0.294 e. The normalized spacial score (nSPS) is 12.0. The fourth-order valence-electron chi connectivity index (χ4n) is 3.03. The van der Waals surface area contributed by atoms with E-state index in [1.807, 2.05) is 61.7 Å². The summed E-state index contributed by atoms with van der Waals surface area (Å²) in [7, 11) is -3.51. The molecule has 25 heavy (non-hydrogen) atoms. The van der Waals surface area contributed by atoms with E-state index < -0.39 is 10.0 Å². The number of thioether (sulfide) groups is 1. The van der Waals surface area contributed by atoms with Gasteiger partial charge in [-0.1, -0.05) is 23.8 Å². The minimum Gasteiger partial charge on any atom is -0.294 e. The zero-order chi connectivity index (χ0) is 18.0. The van der Waals surface area contributed by atoms with Gasteiger partial charge in [0.1, 0.15) is 5.65 Å². The van der Waals surface area contributed by atoms with Crippen LogP contribution in [0.5, 0.6) is 0 Å². The minimum atomic E-state index is -3.51. The van der Waals surface area contributed by atoms with Crippen LogP contribution in [0.4, 0.5) is 0 Å². The summed E-state index contributed by atoms with van der Waals surface area (Å²) in [6.45, 7) is 6.01. The molecule has 1 N–H and O–H groups in total. The van der Waals surface area contributed by atoms with E-state index >= 15 is 0 Å². The van der Waals surface area contributed by atoms with Gasteiger partial charge in [0, 0.05) is 24.7 Å². The lowest BCUT2D eigenvalue weighted by Crippen LogP contribution is -2.27. The Labute approximate surface area is 152 Å². The quantitative estimate of drug-likeness (QED) is 0.530. The van der Waals surface area contributed by atoms with Crippen LogP contribution in [-0.2, 0) is 10.0 Å². The summed E-state index contributed by atoms with van der Waals surface area (Å²) >= 11 is 1.60. The molecule has 0 spiro atoms. The van der Waals surface area contributed by atoms with Crippen molar-refractivity contribution < 1.29 is 8.42 Å². The van der Waals surface area contributed by atoms with Gasteiger partial charge in [-0.25, -0.2) is 18.1 Å². The lowest BCUT2D eigenvalue weighted by molar-refractivity contribution is 0.583. The zero-order valence-electron chi connectivity index (χ0n) is 14.5. The van der Waals surface area contributed by atoms with Crippen LogP contribution in [0, 0.1) is 20.8 Å². The molecular weight excluding hydrogens is 354 g/mol. The molecule has 2 heterocycles. The molecular formula is C18H21N3O2S2. The predicted molar refractivity (Wildman–Crippen MR) is 102 cm³/mol. The van der Waals surface area contributed by atoms with E-state index in [4.69, 9.17) is 0 Å². The van der Waals surface area contributed by atoms with Gasteiger partial charge in [0.2, 0.25) is 10.0 Å². The van der Waals surface area contributed by atoms with Crippen molar-refractivity contribution in [2.45, 2.75) is 30.7 Å². The molecule has 0 radical (unpaired) electrons. The smallest absolute Gasteiger partial charge is 0.241 e. The van der Waals surface area contributed by atoms with Crippen LogP contribution in [0.1, 0.15) is 16.7 Å². The number of benzene rings is 1. The van der Waals surface area contributed by atoms with Crippen molar-refractivity contribution in [3.8, 4) is 0 Å². The number of nitrogens with one attached hydrogen (secondary N) is 1. The van der Waals surface area contributed by atoms with E-state index in [-0.39, 0.29) is 0 Å². The van der Waals surface area contributed by atoms with Crippen LogP contribution in [0.25, 0.3) is 5.65 Å². The van der Waals surface area contributed by atoms with Gasteiger partial charge in [0.05, 0.1) is 9.92 Å². The molecule has 0 saturated heterocycles. The molecule has 0 aliphatic heterocycles. The molecule has 3 aromatic rings. The van der Waals surface area contributed by atoms with Crippen LogP contribution in [0.15, 0.2) is 52.6 Å². The molecule has 1 aromatic carbocycles. The Kier molecular flexibility index (Phi) is 5.17. The SMILES string of the molecule is Cc1cc(C)c(S(=O)(=O)NCCSc2cccc3nccn23)c(C)c1. The summed E-state index contributed by atoms with van der Waals surface area (Å²) < 4.78 is 30.0. The maximum atomic E-state index is 12.6. The van der Waals surface area contributed by atoms with Crippen LogP contribution in [0.3, 0.4) is 0 Å². The van der Waals surface area contributed by atoms with Gasteiger partial charge in [-0.05, 0) is 44.0 Å². The molecule has 132 valence electrons. The second-order valence-corrected chi connectivity index (χ2v) is 8.81. The summed E-state index contributed by atoms with van der Waals surface area (Å²) in [5, 5.41) is 1.04. The number of aryl methyl sites for hydroxylation is 3. The van der Waals surface area contributed by atoms with E-state index in [1.54, 1.807) is 18.0 Å². The van der Waals surface area contributed by atoms with Crippen molar-refractivity contribution >= 4 is 27.4 Å². The van der Waals surface area contributed by atoms with Crippen molar-refractivity contribution in [3.63, 3.8) is 0 Å². The predicted octanol–water partition coefficient (Wildman–Crippen LogP) is 3.33. The Morgan fingerprint density at radius 1 is 1.16 bits per heavy atom. The summed E-state index contributed by atoms with van der Waals surface area (Å²) in [5.41, 5.74) is 3.51. The second-order valence-electron chi connectivity index (χ2n) is 5.99. The molecule has 3 rings (SSSR count). The van der Waals surface area contributed by atoms with Gasteiger partial charge in [-0.15, -0.1) is 11.8 Å². The number of aromatic nitrogens is 2. The lowest BCUT2D eigenvalue weighted by Gasteiger charge is -2.13. The topological polar surface area (TPSA) is 63.5 Å². The minimum absolute atomic E-state index is 0.366. The van der Waals surface area contributed by atoms with Crippen molar-refractivity contribution in [2.75, 3.05) is 12.3 Å². The lowest BCUT2D eigenvalue weighted by atomic mass is 10.1. The highest BCUT2D eigenvalue weighted by Crippen LogP contribution is 2.22. The molecule has 5 nitrogen and oxygen atoms in total. The van der Waals surface area contributed by atoms with Crippen molar-refractivity contribution in [2.24, 2.45) is 0 Å². The second kappa shape index (κ2) is 7.19. The number of imidazole rings is 1. The fourth-order valence-corrected chi connectivity index (χ4v) is 5.53. The first-order chi connectivity index (χ1) is 11.9. The van der Waals surface area contributed by atoms with Crippen molar-refractivity contribution in [3.05, 3.63) is 59.4 Å². The van der Waals surface area contributed by atoms with Gasteiger partial charge >= 0.3 is 0 Å². The number of sulfonamides is 1. The van der Waals surface area contributed by atoms with Gasteiger partial charge in [0.15, 0.2) is 0 Å². The highest BCUT2D eigenvalue weighted by Gasteiger charge is 2.19. The maximum Gasteiger partial charge on any atom is 0.241 e. The molecule has 0 bridgehead atoms. The molecule has 0 fully saturated rings. The molecule has 0 saturated carbocycles. The molecule has 7 heteroatoms. The monoisotopic (exact) mass is 375 g/mol. The maximum absolute atomic E-state index is 12.6. The third-order valence-corrected chi connectivity index (χ3v) is 6.71. The number of rotatable bonds is 6. The Morgan fingerprint density at radius 2 is 1.88 bits per heavy atom. The van der Waals surface area contributed by atoms with E-state index in [0.29, 0.717) is 17.2 Å². The average molecular weight is 376 g/mol. The van der Waals surface area contributed by atoms with E-state index in [9.17, 15) is 8.42 Å². The van der Waals surface area contributed by atoms with E-state index in [1.165, 1.54) is 0 Å². The van der Waals surface area contributed by atoms with Gasteiger partial charge in [-0.3, -0.25) is 4.40 Å². The van der Waals surface area contributed by atoms with Crippen LogP contribution >= 0.6 is 11.8 Å². The third-order valence-electron chi connectivity index (χ3n) is 3.91. The number of fused-ring (bicyclic) bond motifs is 1. The first-order valence-corrected chi connectivity index (χ1v) is 10.5. The van der Waals surface area contributed by atoms with Gasteiger partial charge in [0.25, 0.3) is 0 Å². The highest BCUT2D eigenvalue weighted by atomic mass is 32.2. The van der Waals surface area contributed by atoms with E-state index in [0.717, 1.165) is 27.4 Å². The Balaban J connectivity index is 1.66. The first-order valence-electron chi connectivity index (χ1n) is 8.01. The number of hydrogen-bond acceptors (Lipinski definition) is 4. The summed E-state index contributed by atoms with van der Waals surface area (Å²) in [6, 6.07) is 9.69. The molecule has 0 aliphatic rings. The Bertz CT molecular complexity index is 987. The molecule has 0 atom stereocenters. The highest BCUT2D eigenvalue weighted by molar-refractivity contribution is 7.99. The summed E-state index contributed by atoms with van der Waals surface area (Å²) in [4.78, 5) is 4.64. The van der Waals surface area contributed by atoms with Gasteiger partial charge in [-0.2, -0.15) is 0 Å². The number of nitrogens with zero attached hydrogens (tertiary/aromatic N) is 2. The summed E-state index contributed by atoms with van der Waals surface area (Å²) in [6.07, 6.45) is 3.66. The molecule has 0 amide bonds. The van der Waals surface area contributed by atoms with Crippen LogP contribution in [-0.4, -0.2) is 30.1 Å². The molecule has 2 aromatic heterocycles. The third kappa shape index (κ3) is 3.89. The number of hydrogen-bond donors (Lipinski definition) is 1. The number of pyridine rings is 1. The van der Waals surface area contributed by atoms with Crippen LogP contribution in [0.2, 0.25) is 0 Å². The van der Waals surface area contributed by atoms with Crippen molar-refractivity contribution in [1.82, 2.24) is 14.1 Å².